The third kappa shape index (κ3) is 40.2. The van der Waals surface area contributed by atoms with Crippen molar-refractivity contribution in [2.45, 2.75) is 206 Å². The number of aliphatic hydroxyl groups excluding tert-OH is 1. The van der Waals surface area contributed by atoms with Gasteiger partial charge in [-0.1, -0.05) is 159 Å². The summed E-state index contributed by atoms with van der Waals surface area (Å²) in [6.45, 7) is 2.45. The predicted molar refractivity (Wildman–Crippen MR) is 235 cm³/mol. The first-order chi connectivity index (χ1) is 28.1. The maximum Gasteiger partial charge on any atom is 0.472 e. The Balaban J connectivity index is 3.86. The molecule has 0 spiro atoms. The minimum atomic E-state index is -4.76. The van der Waals surface area contributed by atoms with Crippen LogP contribution >= 0.6 is 7.82 Å². The number of esters is 1. The first-order valence-corrected chi connectivity index (χ1v) is 24.2. The molecule has 0 heterocycles. The predicted octanol–water partition coefficient (Wildman–Crippen LogP) is 11.8. The van der Waals surface area contributed by atoms with Crippen LogP contribution in [0.3, 0.4) is 0 Å². The highest BCUT2D eigenvalue weighted by molar-refractivity contribution is 7.47. The number of phosphoric acid groups is 1. The van der Waals surface area contributed by atoms with Gasteiger partial charge in [0.05, 0.1) is 13.2 Å². The SMILES string of the molecule is CC/C=C\C/C=C\C/C=C\CCCCCC(=O)NC(COP(=O)(O)OCC(O)COC(=O)CCCCCCCCCCCCC/C=C/CCCCCCCC)C(=O)O. The Labute approximate surface area is 352 Å². The number of carboxylic acid groups (broad SMARTS) is 1. The molecule has 58 heavy (non-hydrogen) atoms. The third-order valence-electron chi connectivity index (χ3n) is 9.60. The van der Waals surface area contributed by atoms with Crippen molar-refractivity contribution in [2.24, 2.45) is 0 Å². The number of carboxylic acids is 1. The van der Waals surface area contributed by atoms with Gasteiger partial charge in [0.25, 0.3) is 0 Å². The van der Waals surface area contributed by atoms with E-state index in [4.69, 9.17) is 13.8 Å². The van der Waals surface area contributed by atoms with Crippen LogP contribution in [0.1, 0.15) is 194 Å². The number of unbranched alkanes of at least 4 members (excludes halogenated alkanes) is 20. The topological polar surface area (TPSA) is 169 Å². The number of aliphatic hydroxyl groups is 1. The summed E-state index contributed by atoms with van der Waals surface area (Å²) < 4.78 is 26.8. The highest BCUT2D eigenvalue weighted by atomic mass is 31.2. The number of amides is 1. The summed E-state index contributed by atoms with van der Waals surface area (Å²) in [6.07, 6.45) is 45.8. The number of ether oxygens (including phenoxy) is 1. The molecule has 0 aromatic carbocycles. The van der Waals surface area contributed by atoms with Gasteiger partial charge in [-0.15, -0.1) is 0 Å². The fraction of sp³-hybridized carbons (Fsp3) is 0.761. The number of allylic oxidation sites excluding steroid dienone is 8. The summed E-state index contributed by atoms with van der Waals surface area (Å²) in [6, 6.07) is -1.56. The molecule has 0 aliphatic carbocycles. The zero-order chi connectivity index (χ0) is 42.8. The molecule has 11 nitrogen and oxygen atoms in total. The van der Waals surface area contributed by atoms with Crippen LogP contribution < -0.4 is 5.32 Å². The largest absolute Gasteiger partial charge is 0.480 e. The van der Waals surface area contributed by atoms with Gasteiger partial charge >= 0.3 is 19.8 Å². The number of aliphatic carboxylic acids is 1. The zero-order valence-corrected chi connectivity index (χ0v) is 37.2. The van der Waals surface area contributed by atoms with E-state index in [2.05, 4.69) is 67.8 Å². The average molecular weight is 840 g/mol. The standard InChI is InChI=1S/C46H82NO10P/c1-3-5-7-9-11-13-15-17-18-19-20-21-22-23-24-26-28-30-32-34-36-38-45(50)55-39-42(48)40-56-58(53,54)57-41-43(46(51)52)47-44(49)37-35-33-31-29-27-25-16-14-12-10-8-6-4-2/h6,8,12,14,17-18,25,27,42-43,48H,3-5,7,9-11,13,15-16,19-24,26,28-41H2,1-2H3,(H,47,49)(H,51,52)(H,53,54)/b8-6-,14-12-,18-17+,27-25-. The molecular weight excluding hydrogens is 757 g/mol. The van der Waals surface area contributed by atoms with Crippen LogP contribution in [-0.2, 0) is 32.7 Å². The van der Waals surface area contributed by atoms with Gasteiger partial charge in [0.1, 0.15) is 12.7 Å². The Morgan fingerprint density at radius 1 is 0.569 bits per heavy atom. The van der Waals surface area contributed by atoms with Gasteiger partial charge in [0.2, 0.25) is 5.91 Å². The number of hydrogen-bond donors (Lipinski definition) is 4. The molecule has 0 saturated carbocycles. The molecule has 0 aliphatic heterocycles. The lowest BCUT2D eigenvalue weighted by Gasteiger charge is -2.18. The van der Waals surface area contributed by atoms with Gasteiger partial charge in [-0.05, 0) is 70.6 Å². The molecule has 4 N–H and O–H groups in total. The Bertz CT molecular complexity index is 1170. The lowest BCUT2D eigenvalue weighted by Crippen LogP contribution is -2.43. The summed E-state index contributed by atoms with van der Waals surface area (Å²) in [5.74, 6) is -2.42. The van der Waals surface area contributed by atoms with Gasteiger partial charge in [-0.2, -0.15) is 0 Å². The third-order valence-corrected chi connectivity index (χ3v) is 10.6. The Hall–Kier alpha value is -2.56. The average Bonchev–Trinajstić information content (AvgIpc) is 3.20. The van der Waals surface area contributed by atoms with Gasteiger partial charge < -0.3 is 25.2 Å². The molecule has 0 radical (unpaired) electrons. The molecular formula is C46H82NO10P. The second kappa shape index (κ2) is 41.2. The molecule has 0 aliphatic rings. The zero-order valence-electron chi connectivity index (χ0n) is 36.3. The highest BCUT2D eigenvalue weighted by Crippen LogP contribution is 2.43. The minimum Gasteiger partial charge on any atom is -0.480 e. The molecule has 0 aromatic heterocycles. The van der Waals surface area contributed by atoms with Gasteiger partial charge in [0.15, 0.2) is 6.04 Å². The summed E-state index contributed by atoms with van der Waals surface area (Å²) >= 11 is 0. The van der Waals surface area contributed by atoms with Crippen LogP contribution in [0.4, 0.5) is 0 Å². The normalized spacial score (nSPS) is 14.1. The summed E-state index contributed by atoms with van der Waals surface area (Å²) in [4.78, 5) is 45.9. The first-order valence-electron chi connectivity index (χ1n) is 22.7. The van der Waals surface area contributed by atoms with E-state index in [0.717, 1.165) is 57.8 Å². The van der Waals surface area contributed by atoms with Gasteiger partial charge in [0, 0.05) is 12.8 Å². The van der Waals surface area contributed by atoms with Crippen molar-refractivity contribution < 1.29 is 47.8 Å². The van der Waals surface area contributed by atoms with Crippen LogP contribution in [0.2, 0.25) is 0 Å². The van der Waals surface area contributed by atoms with Crippen molar-refractivity contribution in [3.63, 3.8) is 0 Å². The smallest absolute Gasteiger partial charge is 0.472 e. The molecule has 0 rings (SSSR count). The molecule has 3 atom stereocenters. The fourth-order valence-electron chi connectivity index (χ4n) is 6.09. The van der Waals surface area contributed by atoms with Crippen molar-refractivity contribution >= 4 is 25.7 Å². The maximum absolute atomic E-state index is 12.3. The summed E-state index contributed by atoms with van der Waals surface area (Å²) in [7, 11) is -4.76. The van der Waals surface area contributed by atoms with E-state index < -0.39 is 57.6 Å². The van der Waals surface area contributed by atoms with Crippen LogP contribution in [0.5, 0.6) is 0 Å². The van der Waals surface area contributed by atoms with Gasteiger partial charge in [-0.3, -0.25) is 18.6 Å². The Kier molecular flexibility index (Phi) is 39.4. The van der Waals surface area contributed by atoms with Crippen LogP contribution in [0.15, 0.2) is 48.6 Å². The fourth-order valence-corrected chi connectivity index (χ4v) is 6.86. The molecule has 3 unspecified atom stereocenters. The van der Waals surface area contributed by atoms with E-state index in [1.54, 1.807) is 0 Å². The quantitative estimate of drug-likeness (QED) is 0.0201. The first kappa shape index (κ1) is 55.4. The van der Waals surface area contributed by atoms with Crippen molar-refractivity contribution in [3.8, 4) is 0 Å². The minimum absolute atomic E-state index is 0.109. The van der Waals surface area contributed by atoms with Gasteiger partial charge in [-0.25, -0.2) is 9.36 Å². The number of rotatable bonds is 42. The summed E-state index contributed by atoms with van der Waals surface area (Å²) in [5, 5.41) is 21.8. The molecule has 0 fully saturated rings. The van der Waals surface area contributed by atoms with Crippen LogP contribution in [-0.4, -0.2) is 64.9 Å². The number of carbonyl (C=O) groups is 3. The maximum atomic E-state index is 12.3. The van der Waals surface area contributed by atoms with E-state index in [1.165, 1.54) is 96.3 Å². The number of nitrogens with one attached hydrogen (secondary N) is 1. The van der Waals surface area contributed by atoms with Crippen molar-refractivity contribution in [1.82, 2.24) is 5.32 Å². The lowest BCUT2D eigenvalue weighted by molar-refractivity contribution is -0.147. The molecule has 336 valence electrons. The molecule has 1 amide bonds. The molecule has 0 bridgehead atoms. The second-order valence-corrected chi connectivity index (χ2v) is 16.7. The highest BCUT2D eigenvalue weighted by Gasteiger charge is 2.28. The Morgan fingerprint density at radius 2 is 1.00 bits per heavy atom. The monoisotopic (exact) mass is 840 g/mol. The number of phosphoric ester groups is 1. The van der Waals surface area contributed by atoms with E-state index in [1.807, 2.05) is 0 Å². The molecule has 0 aromatic rings. The van der Waals surface area contributed by atoms with Crippen molar-refractivity contribution in [2.75, 3.05) is 19.8 Å². The molecule has 0 saturated heterocycles. The van der Waals surface area contributed by atoms with Crippen molar-refractivity contribution in [3.05, 3.63) is 48.6 Å². The summed E-state index contributed by atoms with van der Waals surface area (Å²) in [5.41, 5.74) is 0. The van der Waals surface area contributed by atoms with E-state index in [9.17, 15) is 34.1 Å². The van der Waals surface area contributed by atoms with E-state index in [-0.39, 0.29) is 12.8 Å². The van der Waals surface area contributed by atoms with E-state index >= 15 is 0 Å². The number of carbonyl (C=O) groups excluding carboxylic acids is 2. The Morgan fingerprint density at radius 3 is 1.53 bits per heavy atom. The van der Waals surface area contributed by atoms with Crippen LogP contribution in [0.25, 0.3) is 0 Å². The lowest BCUT2D eigenvalue weighted by atomic mass is 10.0. The number of hydrogen-bond acceptors (Lipinski definition) is 8. The molecule has 12 heteroatoms. The van der Waals surface area contributed by atoms with E-state index in [0.29, 0.717) is 12.8 Å². The van der Waals surface area contributed by atoms with Crippen LogP contribution in [0, 0.1) is 0 Å². The van der Waals surface area contributed by atoms with Crippen molar-refractivity contribution in [1.29, 1.82) is 0 Å². The second-order valence-electron chi connectivity index (χ2n) is 15.2.